The summed E-state index contributed by atoms with van der Waals surface area (Å²) in [6, 6.07) is 2.50. The highest BCUT2D eigenvalue weighted by atomic mass is 79.9. The van der Waals surface area contributed by atoms with Crippen LogP contribution in [0.3, 0.4) is 0 Å². The molecule has 3 N–H and O–H groups in total. The molecule has 5 heterocycles. The van der Waals surface area contributed by atoms with Gasteiger partial charge in [-0.15, -0.1) is 11.3 Å². The quantitative estimate of drug-likeness (QED) is 0.305. The summed E-state index contributed by atoms with van der Waals surface area (Å²) in [7, 11) is 0. The molecule has 0 aromatic carbocycles. The minimum absolute atomic E-state index is 0.0510. The Hall–Kier alpha value is -3.85. The highest BCUT2D eigenvalue weighted by Gasteiger charge is 2.35. The number of primary amides is 1. The average Bonchev–Trinajstić information content (AvgIpc) is 3.51. The molecular weight excluding hydrogens is 577 g/mol. The Balaban J connectivity index is 1.75. The van der Waals surface area contributed by atoms with Crippen LogP contribution in [-0.4, -0.2) is 41.2 Å². The van der Waals surface area contributed by atoms with E-state index in [0.717, 1.165) is 6.07 Å². The van der Waals surface area contributed by atoms with Gasteiger partial charge >= 0.3 is 6.18 Å². The van der Waals surface area contributed by atoms with Gasteiger partial charge in [-0.2, -0.15) is 23.4 Å². The number of nitrogens with two attached hydrogens (primary N) is 1. The Labute approximate surface area is 218 Å². The van der Waals surface area contributed by atoms with Crippen LogP contribution in [0.15, 0.2) is 35.2 Å². The van der Waals surface area contributed by atoms with E-state index in [1.54, 1.807) is 30.1 Å². The van der Waals surface area contributed by atoms with Crippen molar-refractivity contribution >= 4 is 60.6 Å². The van der Waals surface area contributed by atoms with Crippen molar-refractivity contribution in [3.8, 4) is 11.1 Å². The fraction of sp³-hybridized carbons (Fsp3) is 0.182. The second kappa shape index (κ2) is 8.92. The Morgan fingerprint density at radius 3 is 2.62 bits per heavy atom. The number of halogens is 4. The highest BCUT2D eigenvalue weighted by Crippen LogP contribution is 2.44. The minimum Gasteiger partial charge on any atom is -0.365 e. The zero-order chi connectivity index (χ0) is 26.6. The molecule has 0 bridgehead atoms. The predicted octanol–water partition coefficient (Wildman–Crippen LogP) is 4.66. The zero-order valence-electron chi connectivity index (χ0n) is 19.1. The zero-order valence-corrected chi connectivity index (χ0v) is 21.5. The number of carbonyl (C=O) groups excluding carboxylic acids is 2. The van der Waals surface area contributed by atoms with E-state index in [0.29, 0.717) is 39.3 Å². The number of nitrogens with zero attached hydrogens (tertiary/aromatic N) is 6. The SMILES string of the molecule is CCn1cc(-c2cc(C(F)(F)F)nc3sc(C(N)=O)c(NC(=O)c4nn5cccnc5c4Br)c23)c(C)n1. The third-order valence-corrected chi connectivity index (χ3v) is 7.36. The number of alkyl halides is 3. The standard InChI is InChI=1S/C22H16BrF3N8O2S/c1-3-33-8-11(9(2)31-33)10-7-12(22(24,25)26)29-21-13(10)15(17(37-21)18(27)35)30-20(36)16-14(23)19-28-5-4-6-34(19)32-16/h4-8H,3H2,1-2H3,(H2,27,35)(H,30,36). The van der Waals surface area contributed by atoms with Gasteiger partial charge in [-0.05, 0) is 47.5 Å². The van der Waals surface area contributed by atoms with Crippen molar-refractivity contribution in [2.24, 2.45) is 5.73 Å². The topological polar surface area (TPSA) is 133 Å². The third kappa shape index (κ3) is 4.23. The molecule has 10 nitrogen and oxygen atoms in total. The lowest BCUT2D eigenvalue weighted by Gasteiger charge is -2.11. The molecule has 0 saturated carbocycles. The predicted molar refractivity (Wildman–Crippen MR) is 133 cm³/mol. The van der Waals surface area contributed by atoms with Crippen molar-refractivity contribution in [3.05, 3.63) is 57.2 Å². The largest absolute Gasteiger partial charge is 0.433 e. The van der Waals surface area contributed by atoms with E-state index in [1.807, 2.05) is 6.92 Å². The number of aryl methyl sites for hydroxylation is 2. The number of rotatable bonds is 5. The van der Waals surface area contributed by atoms with E-state index in [4.69, 9.17) is 5.73 Å². The number of carbonyl (C=O) groups is 2. The van der Waals surface area contributed by atoms with Crippen LogP contribution < -0.4 is 11.1 Å². The molecule has 15 heteroatoms. The van der Waals surface area contributed by atoms with Gasteiger partial charge in [-0.3, -0.25) is 14.3 Å². The summed E-state index contributed by atoms with van der Waals surface area (Å²) in [6.07, 6.45) is -0.0440. The molecule has 5 aromatic rings. The summed E-state index contributed by atoms with van der Waals surface area (Å²) in [4.78, 5) is 33.3. The van der Waals surface area contributed by atoms with Gasteiger partial charge in [0.2, 0.25) is 0 Å². The van der Waals surface area contributed by atoms with E-state index in [-0.39, 0.29) is 32.0 Å². The van der Waals surface area contributed by atoms with E-state index < -0.39 is 23.7 Å². The fourth-order valence-corrected chi connectivity index (χ4v) is 5.42. The molecule has 0 aliphatic carbocycles. The molecule has 0 saturated heterocycles. The molecule has 0 aliphatic heterocycles. The number of fused-ring (bicyclic) bond motifs is 2. The van der Waals surface area contributed by atoms with Gasteiger partial charge in [-0.25, -0.2) is 14.5 Å². The Morgan fingerprint density at radius 1 is 1.24 bits per heavy atom. The molecule has 190 valence electrons. The van der Waals surface area contributed by atoms with Crippen LogP contribution in [0.25, 0.3) is 27.0 Å². The molecule has 2 amide bonds. The Kier molecular flexibility index (Phi) is 5.98. The van der Waals surface area contributed by atoms with E-state index in [9.17, 15) is 22.8 Å². The van der Waals surface area contributed by atoms with Gasteiger partial charge in [-0.1, -0.05) is 0 Å². The van der Waals surface area contributed by atoms with Crippen LogP contribution in [0, 0.1) is 6.92 Å². The smallest absolute Gasteiger partial charge is 0.365 e. The van der Waals surface area contributed by atoms with Crippen molar-refractivity contribution in [1.82, 2.24) is 29.4 Å². The first-order chi connectivity index (χ1) is 17.5. The van der Waals surface area contributed by atoms with Crippen LogP contribution >= 0.6 is 27.3 Å². The van der Waals surface area contributed by atoms with Gasteiger partial charge in [0.05, 0.1) is 15.9 Å². The molecule has 0 radical (unpaired) electrons. The number of thiophene rings is 1. The first kappa shape index (κ1) is 24.8. The lowest BCUT2D eigenvalue weighted by molar-refractivity contribution is -0.140. The fourth-order valence-electron chi connectivity index (χ4n) is 3.87. The van der Waals surface area contributed by atoms with Crippen molar-refractivity contribution in [2.45, 2.75) is 26.6 Å². The van der Waals surface area contributed by atoms with E-state index in [2.05, 4.69) is 41.4 Å². The first-order valence-electron chi connectivity index (χ1n) is 10.7. The van der Waals surface area contributed by atoms with Crippen molar-refractivity contribution in [3.63, 3.8) is 0 Å². The maximum Gasteiger partial charge on any atom is 0.433 e. The molecule has 0 fully saturated rings. The van der Waals surface area contributed by atoms with Gasteiger partial charge < -0.3 is 11.1 Å². The van der Waals surface area contributed by atoms with Gasteiger partial charge in [0.15, 0.2) is 11.3 Å². The number of hydrogen-bond donors (Lipinski definition) is 2. The van der Waals surface area contributed by atoms with E-state index >= 15 is 0 Å². The van der Waals surface area contributed by atoms with E-state index in [1.165, 1.54) is 10.7 Å². The molecular formula is C22H16BrF3N8O2S. The Morgan fingerprint density at radius 2 is 2.00 bits per heavy atom. The highest BCUT2D eigenvalue weighted by molar-refractivity contribution is 9.10. The monoisotopic (exact) mass is 592 g/mol. The number of aromatic nitrogens is 6. The van der Waals surface area contributed by atoms with Crippen LogP contribution in [0.2, 0.25) is 0 Å². The summed E-state index contributed by atoms with van der Waals surface area (Å²) in [5.74, 6) is -1.67. The number of amides is 2. The summed E-state index contributed by atoms with van der Waals surface area (Å²) < 4.78 is 44.5. The lowest BCUT2D eigenvalue weighted by Crippen LogP contribution is -2.17. The summed E-state index contributed by atoms with van der Waals surface area (Å²) in [5, 5.41) is 11.3. The molecule has 0 unspecified atom stereocenters. The number of pyridine rings is 1. The minimum atomic E-state index is -4.76. The van der Waals surface area contributed by atoms with Gasteiger partial charge in [0.1, 0.15) is 15.4 Å². The van der Waals surface area contributed by atoms with Gasteiger partial charge in [0, 0.05) is 36.1 Å². The average molecular weight is 593 g/mol. The molecule has 37 heavy (non-hydrogen) atoms. The maximum atomic E-state index is 13.8. The molecule has 5 aromatic heterocycles. The first-order valence-corrected chi connectivity index (χ1v) is 12.3. The second-order valence-corrected chi connectivity index (χ2v) is 9.68. The summed E-state index contributed by atoms with van der Waals surface area (Å²) in [6.45, 7) is 3.97. The van der Waals surface area contributed by atoms with Crippen LogP contribution in [0.4, 0.5) is 18.9 Å². The number of nitrogens with one attached hydrogen (secondary N) is 1. The molecule has 5 rings (SSSR count). The van der Waals surface area contributed by atoms with Crippen molar-refractivity contribution in [1.29, 1.82) is 0 Å². The molecule has 0 aliphatic rings. The Bertz CT molecular complexity index is 1720. The van der Waals surface area contributed by atoms with Crippen molar-refractivity contribution in [2.75, 3.05) is 5.32 Å². The lowest BCUT2D eigenvalue weighted by atomic mass is 10.0. The molecule has 0 atom stereocenters. The maximum absolute atomic E-state index is 13.8. The van der Waals surface area contributed by atoms with Crippen LogP contribution in [0.5, 0.6) is 0 Å². The molecule has 0 spiro atoms. The van der Waals surface area contributed by atoms with Crippen molar-refractivity contribution < 1.29 is 22.8 Å². The number of anilines is 1. The summed E-state index contributed by atoms with van der Waals surface area (Å²) >= 11 is 3.97. The second-order valence-electron chi connectivity index (χ2n) is 7.89. The van der Waals surface area contributed by atoms with Crippen LogP contribution in [-0.2, 0) is 12.7 Å². The third-order valence-electron chi connectivity index (χ3n) is 5.53. The number of hydrogen-bond acceptors (Lipinski definition) is 7. The summed E-state index contributed by atoms with van der Waals surface area (Å²) in [5.41, 5.74) is 5.63. The normalized spacial score (nSPS) is 11.9. The van der Waals surface area contributed by atoms with Gasteiger partial charge in [0.25, 0.3) is 11.8 Å². The van der Waals surface area contributed by atoms with Crippen LogP contribution in [0.1, 0.15) is 38.5 Å².